The summed E-state index contributed by atoms with van der Waals surface area (Å²) < 4.78 is 23.9. The fourth-order valence-corrected chi connectivity index (χ4v) is 3.13. The highest BCUT2D eigenvalue weighted by Gasteiger charge is 2.32. The monoisotopic (exact) mass is 374 g/mol. The molecule has 1 fully saturated rings. The molecule has 142 valence electrons. The largest absolute Gasteiger partial charge is 0.494 e. The van der Waals surface area contributed by atoms with E-state index in [4.69, 9.17) is 9.47 Å². The Balaban J connectivity index is 0.00000312. The minimum Gasteiger partial charge on any atom is -0.494 e. The lowest BCUT2D eigenvalue weighted by molar-refractivity contribution is -0.122. The highest BCUT2D eigenvalue weighted by molar-refractivity contribution is 5.85. The Labute approximate surface area is 155 Å². The molecule has 1 heterocycles. The van der Waals surface area contributed by atoms with Crippen LogP contribution in [0.5, 0.6) is 5.75 Å². The number of carbonyl (C=O) groups excluding carboxylic acids is 1. The molecule has 0 saturated carbocycles. The first-order valence-electron chi connectivity index (χ1n) is 8.37. The van der Waals surface area contributed by atoms with Crippen LogP contribution in [0.4, 0.5) is 4.39 Å². The first kappa shape index (κ1) is 21.7. The number of methoxy groups -OCH3 is 2. The summed E-state index contributed by atoms with van der Waals surface area (Å²) in [6.45, 7) is 3.17. The third-order valence-corrected chi connectivity index (χ3v) is 4.63. The third kappa shape index (κ3) is 6.45. The first-order chi connectivity index (χ1) is 11.6. The van der Waals surface area contributed by atoms with Crippen molar-refractivity contribution in [2.75, 3.05) is 40.5 Å². The predicted octanol–water partition coefficient (Wildman–Crippen LogP) is 2.32. The SMILES string of the molecule is COCC1(CNC(=O)CCc2ccc(OC)c(F)c2)CCNCC1.Cl. The fourth-order valence-electron chi connectivity index (χ4n) is 3.13. The van der Waals surface area contributed by atoms with Crippen LogP contribution in [0.2, 0.25) is 0 Å². The van der Waals surface area contributed by atoms with Crippen LogP contribution in [-0.2, 0) is 16.0 Å². The van der Waals surface area contributed by atoms with E-state index in [0.717, 1.165) is 31.5 Å². The first-order valence-corrected chi connectivity index (χ1v) is 8.37. The molecule has 1 saturated heterocycles. The lowest BCUT2D eigenvalue weighted by Gasteiger charge is -2.37. The summed E-state index contributed by atoms with van der Waals surface area (Å²) in [4.78, 5) is 12.1. The molecule has 2 N–H and O–H groups in total. The van der Waals surface area contributed by atoms with E-state index in [0.29, 0.717) is 26.0 Å². The number of rotatable bonds is 8. The van der Waals surface area contributed by atoms with Gasteiger partial charge in [0.2, 0.25) is 5.91 Å². The van der Waals surface area contributed by atoms with Gasteiger partial charge < -0.3 is 20.1 Å². The van der Waals surface area contributed by atoms with E-state index in [1.807, 2.05) is 0 Å². The standard InChI is InChI=1S/C18H27FN2O3.ClH/c1-23-13-18(7-9-20-10-8-18)12-21-17(22)6-4-14-3-5-16(24-2)15(19)11-14;/h3,5,11,20H,4,6-10,12-13H2,1-2H3,(H,21,22);1H. The second kappa shape index (κ2) is 10.6. The van der Waals surface area contributed by atoms with Crippen LogP contribution in [-0.4, -0.2) is 46.4 Å². The zero-order chi connectivity index (χ0) is 17.4. The quantitative estimate of drug-likeness (QED) is 0.733. The molecule has 0 atom stereocenters. The number of aryl methyl sites for hydroxylation is 1. The molecule has 0 spiro atoms. The molecule has 1 aromatic carbocycles. The number of benzene rings is 1. The number of carbonyl (C=O) groups is 1. The number of hydrogen-bond acceptors (Lipinski definition) is 4. The zero-order valence-electron chi connectivity index (χ0n) is 14.9. The average Bonchev–Trinajstić information content (AvgIpc) is 2.59. The Bertz CT molecular complexity index is 546. The van der Waals surface area contributed by atoms with Crippen LogP contribution >= 0.6 is 12.4 Å². The lowest BCUT2D eigenvalue weighted by atomic mass is 9.79. The summed E-state index contributed by atoms with van der Waals surface area (Å²) in [5, 5.41) is 6.35. The molecule has 0 bridgehead atoms. The Kier molecular flexibility index (Phi) is 9.17. The molecule has 1 aliphatic heterocycles. The van der Waals surface area contributed by atoms with E-state index in [2.05, 4.69) is 10.6 Å². The summed E-state index contributed by atoms with van der Waals surface area (Å²) in [7, 11) is 3.13. The number of halogens is 2. The van der Waals surface area contributed by atoms with E-state index < -0.39 is 5.82 Å². The molecule has 25 heavy (non-hydrogen) atoms. The molecule has 1 aliphatic rings. The molecule has 1 amide bonds. The van der Waals surface area contributed by atoms with Gasteiger partial charge in [-0.15, -0.1) is 12.4 Å². The van der Waals surface area contributed by atoms with Gasteiger partial charge in [0, 0.05) is 25.5 Å². The van der Waals surface area contributed by atoms with Crippen molar-refractivity contribution in [1.82, 2.24) is 10.6 Å². The minimum absolute atomic E-state index is 0. The van der Waals surface area contributed by atoms with Crippen LogP contribution in [0.3, 0.4) is 0 Å². The Morgan fingerprint density at radius 1 is 1.32 bits per heavy atom. The molecular formula is C18H28ClFN2O3. The van der Waals surface area contributed by atoms with Gasteiger partial charge in [0.15, 0.2) is 11.6 Å². The fraction of sp³-hybridized carbons (Fsp3) is 0.611. The van der Waals surface area contributed by atoms with Crippen molar-refractivity contribution in [1.29, 1.82) is 0 Å². The molecule has 0 aliphatic carbocycles. The molecule has 1 aromatic rings. The topological polar surface area (TPSA) is 59.6 Å². The Hall–Kier alpha value is -1.37. The van der Waals surface area contributed by atoms with Gasteiger partial charge >= 0.3 is 0 Å². The molecule has 0 radical (unpaired) electrons. The summed E-state index contributed by atoms with van der Waals surface area (Å²) in [6.07, 6.45) is 2.83. The van der Waals surface area contributed by atoms with Gasteiger partial charge in [-0.2, -0.15) is 0 Å². The van der Waals surface area contributed by atoms with Crippen LogP contribution in [0, 0.1) is 11.2 Å². The highest BCUT2D eigenvalue weighted by Crippen LogP contribution is 2.28. The van der Waals surface area contributed by atoms with Gasteiger partial charge in [-0.25, -0.2) is 4.39 Å². The van der Waals surface area contributed by atoms with Gasteiger partial charge in [0.1, 0.15) is 0 Å². The maximum absolute atomic E-state index is 13.7. The summed E-state index contributed by atoms with van der Waals surface area (Å²) >= 11 is 0. The molecule has 7 heteroatoms. The highest BCUT2D eigenvalue weighted by atomic mass is 35.5. The molecule has 0 aromatic heterocycles. The number of hydrogen-bond donors (Lipinski definition) is 2. The maximum Gasteiger partial charge on any atom is 0.220 e. The predicted molar refractivity (Wildman–Crippen MR) is 97.9 cm³/mol. The summed E-state index contributed by atoms with van der Waals surface area (Å²) in [5.74, 6) is -0.194. The van der Waals surface area contributed by atoms with Gasteiger partial charge in [-0.3, -0.25) is 4.79 Å². The Morgan fingerprint density at radius 3 is 2.64 bits per heavy atom. The molecule has 2 rings (SSSR count). The summed E-state index contributed by atoms with van der Waals surface area (Å²) in [6, 6.07) is 4.80. The van der Waals surface area contributed by atoms with Crippen molar-refractivity contribution in [2.45, 2.75) is 25.7 Å². The van der Waals surface area contributed by atoms with Crippen LogP contribution in [0.15, 0.2) is 18.2 Å². The maximum atomic E-state index is 13.7. The zero-order valence-corrected chi connectivity index (χ0v) is 15.7. The van der Waals surface area contributed by atoms with Gasteiger partial charge in [0.25, 0.3) is 0 Å². The number of piperidine rings is 1. The second-order valence-electron chi connectivity index (χ2n) is 6.43. The van der Waals surface area contributed by atoms with E-state index in [1.165, 1.54) is 13.2 Å². The van der Waals surface area contributed by atoms with Crippen molar-refractivity contribution in [3.63, 3.8) is 0 Å². The van der Waals surface area contributed by atoms with Crippen LogP contribution in [0.25, 0.3) is 0 Å². The lowest BCUT2D eigenvalue weighted by Crippen LogP contribution is -2.47. The smallest absolute Gasteiger partial charge is 0.220 e. The minimum atomic E-state index is -0.399. The number of nitrogens with one attached hydrogen (secondary N) is 2. The van der Waals surface area contributed by atoms with E-state index in [1.54, 1.807) is 19.2 Å². The van der Waals surface area contributed by atoms with Crippen LogP contribution in [0.1, 0.15) is 24.8 Å². The van der Waals surface area contributed by atoms with Crippen molar-refractivity contribution < 1.29 is 18.7 Å². The third-order valence-electron chi connectivity index (χ3n) is 4.63. The van der Waals surface area contributed by atoms with Crippen molar-refractivity contribution >= 4 is 18.3 Å². The average molecular weight is 375 g/mol. The second-order valence-corrected chi connectivity index (χ2v) is 6.43. The molecule has 0 unspecified atom stereocenters. The van der Waals surface area contributed by atoms with Crippen LogP contribution < -0.4 is 15.4 Å². The van der Waals surface area contributed by atoms with Gasteiger partial charge in [-0.1, -0.05) is 6.07 Å². The van der Waals surface area contributed by atoms with E-state index >= 15 is 0 Å². The van der Waals surface area contributed by atoms with E-state index in [9.17, 15) is 9.18 Å². The summed E-state index contributed by atoms with van der Waals surface area (Å²) in [5.41, 5.74) is 0.805. The van der Waals surface area contributed by atoms with Crippen molar-refractivity contribution in [2.24, 2.45) is 5.41 Å². The molecular weight excluding hydrogens is 347 g/mol. The Morgan fingerprint density at radius 2 is 2.04 bits per heavy atom. The number of amides is 1. The number of ether oxygens (including phenoxy) is 2. The molecule has 5 nitrogen and oxygen atoms in total. The van der Waals surface area contributed by atoms with E-state index in [-0.39, 0.29) is 29.5 Å². The van der Waals surface area contributed by atoms with Crippen molar-refractivity contribution in [3.8, 4) is 5.75 Å². The normalized spacial score (nSPS) is 16.0. The van der Waals surface area contributed by atoms with Gasteiger partial charge in [-0.05, 0) is 50.0 Å². The van der Waals surface area contributed by atoms with Gasteiger partial charge in [0.05, 0.1) is 13.7 Å². The van der Waals surface area contributed by atoms with Crippen molar-refractivity contribution in [3.05, 3.63) is 29.6 Å².